The lowest BCUT2D eigenvalue weighted by Crippen LogP contribution is -2.28. The summed E-state index contributed by atoms with van der Waals surface area (Å²) in [6.45, 7) is 3.66. The minimum absolute atomic E-state index is 0.0821. The highest BCUT2D eigenvalue weighted by Crippen LogP contribution is 2.14. The van der Waals surface area contributed by atoms with Crippen molar-refractivity contribution in [3.63, 3.8) is 0 Å². The molecule has 0 saturated heterocycles. The number of aromatic nitrogens is 3. The number of H-pyrrole nitrogens is 1. The molecule has 5 heteroatoms. The van der Waals surface area contributed by atoms with Crippen molar-refractivity contribution in [3.8, 4) is 0 Å². The zero-order chi connectivity index (χ0) is 9.52. The van der Waals surface area contributed by atoms with E-state index in [1.807, 2.05) is 6.08 Å². The first-order chi connectivity index (χ1) is 6.38. The fourth-order valence-corrected chi connectivity index (χ4v) is 1.16. The summed E-state index contributed by atoms with van der Waals surface area (Å²) in [5.41, 5.74) is 3.56. The highest BCUT2D eigenvalue weighted by atomic mass is 15.3. The van der Waals surface area contributed by atoms with Crippen molar-refractivity contribution in [1.29, 1.82) is 0 Å². The van der Waals surface area contributed by atoms with E-state index in [0.717, 1.165) is 25.0 Å². The van der Waals surface area contributed by atoms with E-state index < -0.39 is 0 Å². The average Bonchev–Trinajstić information content (AvgIpc) is 2.65. The molecule has 0 aliphatic heterocycles. The number of aromatic amines is 1. The molecule has 1 unspecified atom stereocenters. The monoisotopic (exact) mass is 181 g/mol. The summed E-state index contributed by atoms with van der Waals surface area (Å²) >= 11 is 0. The Hall–Kier alpha value is -1.20. The van der Waals surface area contributed by atoms with Gasteiger partial charge < -0.3 is 0 Å². The van der Waals surface area contributed by atoms with Gasteiger partial charge in [-0.25, -0.2) is 0 Å². The predicted octanol–water partition coefficient (Wildman–Crippen LogP) is 0.665. The van der Waals surface area contributed by atoms with Gasteiger partial charge in [-0.15, -0.1) is 6.58 Å². The molecule has 0 aliphatic carbocycles. The van der Waals surface area contributed by atoms with E-state index in [-0.39, 0.29) is 6.04 Å². The molecule has 5 nitrogen and oxygen atoms in total. The van der Waals surface area contributed by atoms with Crippen molar-refractivity contribution in [3.05, 3.63) is 24.5 Å². The standard InChI is InChI=1S/C8H15N5/c1-2-3-4-5-7(11-9)8-6-10-13-12-8/h2,6-7,11H,1,3-5,9H2,(H,10,12,13). The van der Waals surface area contributed by atoms with Crippen LogP contribution in [0.3, 0.4) is 0 Å². The van der Waals surface area contributed by atoms with Crippen LogP contribution in [0, 0.1) is 0 Å². The minimum Gasteiger partial charge on any atom is -0.271 e. The molecule has 1 aromatic rings. The number of hydrogen-bond donors (Lipinski definition) is 3. The lowest BCUT2D eigenvalue weighted by atomic mass is 10.1. The Morgan fingerprint density at radius 2 is 2.62 bits per heavy atom. The van der Waals surface area contributed by atoms with Crippen molar-refractivity contribution in [2.45, 2.75) is 25.3 Å². The third-order valence-corrected chi connectivity index (χ3v) is 1.89. The van der Waals surface area contributed by atoms with E-state index in [1.54, 1.807) is 6.20 Å². The summed E-state index contributed by atoms with van der Waals surface area (Å²) < 4.78 is 0. The van der Waals surface area contributed by atoms with Gasteiger partial charge in [-0.05, 0) is 19.3 Å². The molecule has 4 N–H and O–H groups in total. The molecule has 0 radical (unpaired) electrons. The number of hydrazine groups is 1. The summed E-state index contributed by atoms with van der Waals surface area (Å²) in [4.78, 5) is 0. The number of nitrogens with two attached hydrogens (primary N) is 1. The van der Waals surface area contributed by atoms with Crippen LogP contribution in [0.2, 0.25) is 0 Å². The number of nitrogens with one attached hydrogen (secondary N) is 2. The van der Waals surface area contributed by atoms with Gasteiger partial charge in [0, 0.05) is 0 Å². The number of nitrogens with zero attached hydrogens (tertiary/aromatic N) is 2. The topological polar surface area (TPSA) is 79.6 Å². The van der Waals surface area contributed by atoms with Crippen molar-refractivity contribution in [2.75, 3.05) is 0 Å². The first kappa shape index (κ1) is 9.88. The summed E-state index contributed by atoms with van der Waals surface area (Å²) in [5.74, 6) is 5.39. The van der Waals surface area contributed by atoms with Crippen LogP contribution in [0.4, 0.5) is 0 Å². The molecule has 0 fully saturated rings. The summed E-state index contributed by atoms with van der Waals surface area (Å²) in [6.07, 6.45) is 6.56. The van der Waals surface area contributed by atoms with E-state index in [2.05, 4.69) is 27.4 Å². The van der Waals surface area contributed by atoms with Crippen molar-refractivity contribution in [2.24, 2.45) is 5.84 Å². The molecular weight excluding hydrogens is 166 g/mol. The van der Waals surface area contributed by atoms with E-state index in [4.69, 9.17) is 5.84 Å². The second-order valence-corrected chi connectivity index (χ2v) is 2.83. The minimum atomic E-state index is 0.0821. The third kappa shape index (κ3) is 2.96. The quantitative estimate of drug-likeness (QED) is 0.261. The number of hydrogen-bond acceptors (Lipinski definition) is 4. The summed E-state index contributed by atoms with van der Waals surface area (Å²) in [7, 11) is 0. The second kappa shape index (κ2) is 5.45. The largest absolute Gasteiger partial charge is 0.271 e. The normalized spacial score (nSPS) is 12.7. The van der Waals surface area contributed by atoms with Crippen molar-refractivity contribution in [1.82, 2.24) is 20.8 Å². The maximum Gasteiger partial charge on any atom is 0.101 e. The molecule has 1 rings (SSSR count). The van der Waals surface area contributed by atoms with Crippen LogP contribution in [0.5, 0.6) is 0 Å². The molecule has 1 aromatic heterocycles. The van der Waals surface area contributed by atoms with Gasteiger partial charge in [-0.2, -0.15) is 15.4 Å². The van der Waals surface area contributed by atoms with Gasteiger partial charge in [0.05, 0.1) is 12.2 Å². The average molecular weight is 181 g/mol. The Balaban J connectivity index is 2.39. The van der Waals surface area contributed by atoms with Crippen LogP contribution in [-0.2, 0) is 0 Å². The van der Waals surface area contributed by atoms with Crippen LogP contribution in [0.1, 0.15) is 31.0 Å². The van der Waals surface area contributed by atoms with E-state index in [1.165, 1.54) is 0 Å². The lowest BCUT2D eigenvalue weighted by molar-refractivity contribution is 0.489. The summed E-state index contributed by atoms with van der Waals surface area (Å²) in [5, 5.41) is 10.2. The Morgan fingerprint density at radius 3 is 3.15 bits per heavy atom. The fourth-order valence-electron chi connectivity index (χ4n) is 1.16. The SMILES string of the molecule is C=CCCCC(NN)c1cn[nH]n1. The van der Waals surface area contributed by atoms with Crippen molar-refractivity contribution < 1.29 is 0 Å². The summed E-state index contributed by atoms with van der Waals surface area (Å²) in [6, 6.07) is 0.0821. The smallest absolute Gasteiger partial charge is 0.101 e. The lowest BCUT2D eigenvalue weighted by Gasteiger charge is -2.11. The van der Waals surface area contributed by atoms with Gasteiger partial charge in [0.15, 0.2) is 0 Å². The van der Waals surface area contributed by atoms with Gasteiger partial charge in [-0.3, -0.25) is 11.3 Å². The second-order valence-electron chi connectivity index (χ2n) is 2.83. The highest BCUT2D eigenvalue weighted by molar-refractivity contribution is 4.98. The number of rotatable bonds is 6. The first-order valence-corrected chi connectivity index (χ1v) is 4.31. The zero-order valence-electron chi connectivity index (χ0n) is 7.53. The number of allylic oxidation sites excluding steroid dienone is 1. The van der Waals surface area contributed by atoms with E-state index in [9.17, 15) is 0 Å². The Kier molecular flexibility index (Phi) is 4.14. The first-order valence-electron chi connectivity index (χ1n) is 4.31. The van der Waals surface area contributed by atoms with Gasteiger partial charge in [-0.1, -0.05) is 6.08 Å². The third-order valence-electron chi connectivity index (χ3n) is 1.89. The molecular formula is C8H15N5. The van der Waals surface area contributed by atoms with E-state index in [0.29, 0.717) is 0 Å². The molecule has 0 aromatic carbocycles. The van der Waals surface area contributed by atoms with Gasteiger partial charge in [0.2, 0.25) is 0 Å². The zero-order valence-corrected chi connectivity index (χ0v) is 7.53. The molecule has 1 heterocycles. The molecule has 1 atom stereocenters. The highest BCUT2D eigenvalue weighted by Gasteiger charge is 2.10. The van der Waals surface area contributed by atoms with E-state index >= 15 is 0 Å². The Bertz CT molecular complexity index is 231. The number of unbranched alkanes of at least 4 members (excludes halogenated alkanes) is 1. The molecule has 72 valence electrons. The molecule has 0 amide bonds. The van der Waals surface area contributed by atoms with Crippen molar-refractivity contribution >= 4 is 0 Å². The molecule has 0 bridgehead atoms. The van der Waals surface area contributed by atoms with Crippen LogP contribution >= 0.6 is 0 Å². The van der Waals surface area contributed by atoms with Crippen LogP contribution < -0.4 is 11.3 Å². The fraction of sp³-hybridized carbons (Fsp3) is 0.500. The van der Waals surface area contributed by atoms with Gasteiger partial charge in [0.1, 0.15) is 5.69 Å². The van der Waals surface area contributed by atoms with Crippen LogP contribution in [0.15, 0.2) is 18.9 Å². The molecule has 0 spiro atoms. The molecule has 13 heavy (non-hydrogen) atoms. The Labute approximate surface area is 77.4 Å². The van der Waals surface area contributed by atoms with Gasteiger partial charge in [0.25, 0.3) is 0 Å². The molecule has 0 saturated carbocycles. The van der Waals surface area contributed by atoms with Gasteiger partial charge >= 0.3 is 0 Å². The maximum absolute atomic E-state index is 5.39. The predicted molar refractivity (Wildman–Crippen MR) is 50.5 cm³/mol. The van der Waals surface area contributed by atoms with Crippen LogP contribution in [0.25, 0.3) is 0 Å². The molecule has 0 aliphatic rings. The Morgan fingerprint density at radius 1 is 1.77 bits per heavy atom. The maximum atomic E-state index is 5.39. The van der Waals surface area contributed by atoms with Crippen LogP contribution in [-0.4, -0.2) is 15.4 Å².